The van der Waals surface area contributed by atoms with Crippen LogP contribution in [-0.4, -0.2) is 49.3 Å². The molecule has 0 aromatic carbocycles. The van der Waals surface area contributed by atoms with Crippen molar-refractivity contribution in [3.63, 3.8) is 0 Å². The van der Waals surface area contributed by atoms with Crippen molar-refractivity contribution in [1.82, 2.24) is 5.48 Å². The second-order valence-electron chi connectivity index (χ2n) is 4.66. The third kappa shape index (κ3) is 6.84. The van der Waals surface area contributed by atoms with Gasteiger partial charge >= 0.3 is 0 Å². The largest absolute Gasteiger partial charge is 0.496 e. The second kappa shape index (κ2) is 10.7. The summed E-state index contributed by atoms with van der Waals surface area (Å²) in [5.74, 6) is 0.613. The number of hydrogen-bond donors (Lipinski definition) is 3. The lowest BCUT2D eigenvalue weighted by molar-refractivity contribution is -0.905. The zero-order valence-electron chi connectivity index (χ0n) is 13.6. The summed E-state index contributed by atoms with van der Waals surface area (Å²) >= 11 is 0. The number of methoxy groups -OCH3 is 1. The Kier molecular flexibility index (Phi) is 8.48. The van der Waals surface area contributed by atoms with Crippen LogP contribution < -0.4 is 14.9 Å². The van der Waals surface area contributed by atoms with Gasteiger partial charge in [-0.3, -0.25) is 30.7 Å². The predicted molar refractivity (Wildman–Crippen MR) is 89.0 cm³/mol. The van der Waals surface area contributed by atoms with Gasteiger partial charge in [-0.05, 0) is 24.6 Å². The molecule has 0 bridgehead atoms. The van der Waals surface area contributed by atoms with Gasteiger partial charge in [0.1, 0.15) is 12.0 Å². The van der Waals surface area contributed by atoms with Crippen LogP contribution in [0, 0.1) is 0 Å². The van der Waals surface area contributed by atoms with E-state index >= 15 is 0 Å². The average molecular weight is 333 g/mol. The summed E-state index contributed by atoms with van der Waals surface area (Å²) in [7, 11) is 1.54. The first kappa shape index (κ1) is 19.0. The molecule has 1 rings (SSSR count). The summed E-state index contributed by atoms with van der Waals surface area (Å²) in [6, 6.07) is 3.27. The van der Waals surface area contributed by atoms with Gasteiger partial charge in [-0.1, -0.05) is 0 Å². The van der Waals surface area contributed by atoms with E-state index in [0.717, 1.165) is 4.73 Å². The number of rotatable bonds is 9. The number of aromatic nitrogens is 1. The van der Waals surface area contributed by atoms with Crippen molar-refractivity contribution < 1.29 is 24.7 Å². The predicted octanol–water partition coefficient (Wildman–Crippen LogP) is 0.718. The first-order valence-corrected chi connectivity index (χ1v) is 7.13. The molecule has 0 saturated carbocycles. The maximum absolute atomic E-state index is 10.3. The molecule has 8 nitrogen and oxygen atoms in total. The summed E-state index contributed by atoms with van der Waals surface area (Å²) in [5.41, 5.74) is 3.51. The van der Waals surface area contributed by atoms with Crippen LogP contribution in [0.3, 0.4) is 0 Å². The van der Waals surface area contributed by atoms with Crippen molar-refractivity contribution in [1.29, 1.82) is 0 Å². The normalized spacial score (nSPS) is 12.8. The summed E-state index contributed by atoms with van der Waals surface area (Å²) in [6.07, 6.45) is 8.02. The molecule has 0 aliphatic heterocycles. The standard InChI is InChI=1S/C16H20N4O4/c1-13(4-8-21)9-14(19-22)11-17-5-6-18-12-15-10-16(24-2)3-7-20(15)23/h3-4,7-12H,5-6H2,1-2H3,(H2-,17,18,19,21,22,23)/p+1. The van der Waals surface area contributed by atoms with E-state index in [-0.39, 0.29) is 0 Å². The zero-order valence-corrected chi connectivity index (χ0v) is 13.6. The quantitative estimate of drug-likeness (QED) is 0.0902. The third-order valence-electron chi connectivity index (χ3n) is 2.83. The van der Waals surface area contributed by atoms with Crippen LogP contribution >= 0.6 is 0 Å². The van der Waals surface area contributed by atoms with E-state index in [0.29, 0.717) is 42.1 Å². The first-order chi connectivity index (χ1) is 11.6. The monoisotopic (exact) mass is 333 g/mol. The minimum absolute atomic E-state index is 0.357. The molecule has 3 N–H and O–H groups in total. The van der Waals surface area contributed by atoms with E-state index < -0.39 is 0 Å². The molecule has 0 saturated heterocycles. The molecule has 1 heterocycles. The van der Waals surface area contributed by atoms with Crippen LogP contribution in [0.4, 0.5) is 0 Å². The molecule has 0 unspecified atom stereocenters. The van der Waals surface area contributed by atoms with Gasteiger partial charge in [-0.15, -0.1) is 0 Å². The number of nitrogens with one attached hydrogen (secondary N) is 1. The van der Waals surface area contributed by atoms with Gasteiger partial charge in [0.25, 0.3) is 5.69 Å². The van der Waals surface area contributed by atoms with Crippen molar-refractivity contribution in [2.75, 3.05) is 20.2 Å². The van der Waals surface area contributed by atoms with Crippen molar-refractivity contribution in [2.24, 2.45) is 9.98 Å². The van der Waals surface area contributed by atoms with Crippen LogP contribution in [0.25, 0.3) is 0 Å². The summed E-state index contributed by atoms with van der Waals surface area (Å²) in [5, 5.41) is 18.6. The molecule has 0 fully saturated rings. The van der Waals surface area contributed by atoms with Crippen LogP contribution in [0.2, 0.25) is 0 Å². The van der Waals surface area contributed by atoms with Crippen LogP contribution in [-0.2, 0) is 4.79 Å². The van der Waals surface area contributed by atoms with E-state index in [9.17, 15) is 10.0 Å². The number of carbonyl (C=O) groups is 1. The number of hydrogen-bond acceptors (Lipinski definition) is 7. The third-order valence-corrected chi connectivity index (χ3v) is 2.83. The number of allylic oxidation sites excluding steroid dienone is 4. The summed E-state index contributed by atoms with van der Waals surface area (Å²) in [4.78, 5) is 18.6. The lowest BCUT2D eigenvalue weighted by Gasteiger charge is -1.99. The smallest absolute Gasteiger partial charge is 0.278 e. The Morgan fingerprint density at radius 3 is 2.83 bits per heavy atom. The fourth-order valence-electron chi connectivity index (χ4n) is 1.65. The Hall–Kier alpha value is -3.00. The van der Waals surface area contributed by atoms with E-state index in [1.54, 1.807) is 32.2 Å². The van der Waals surface area contributed by atoms with Gasteiger partial charge in [0.2, 0.25) is 6.20 Å². The topological polar surface area (TPSA) is 107 Å². The molecule has 1 aromatic rings. The van der Waals surface area contributed by atoms with Gasteiger partial charge in [-0.2, -0.15) is 0 Å². The van der Waals surface area contributed by atoms with Gasteiger partial charge in [0.15, 0.2) is 0 Å². The van der Waals surface area contributed by atoms with Gasteiger partial charge < -0.3 is 4.74 Å². The Balaban J connectivity index is 2.55. The molecule has 0 aliphatic carbocycles. The summed E-state index contributed by atoms with van der Waals surface area (Å²) < 4.78 is 6.01. The van der Waals surface area contributed by atoms with Crippen LogP contribution in [0.5, 0.6) is 5.75 Å². The lowest BCUT2D eigenvalue weighted by Crippen LogP contribution is -2.34. The van der Waals surface area contributed by atoms with E-state index in [4.69, 9.17) is 9.94 Å². The molecular formula is C16H21N4O4+. The molecule has 0 spiro atoms. The van der Waals surface area contributed by atoms with Gasteiger partial charge in [-0.25, -0.2) is 0 Å². The molecule has 1 aromatic heterocycles. The highest BCUT2D eigenvalue weighted by atomic mass is 16.5. The molecule has 0 aliphatic rings. The minimum atomic E-state index is 0.357. The molecule has 8 heteroatoms. The van der Waals surface area contributed by atoms with Crippen molar-refractivity contribution in [3.05, 3.63) is 47.4 Å². The number of carbonyl (C=O) groups excluding carboxylic acids is 1. The molecular weight excluding hydrogens is 312 g/mol. The number of pyridine rings is 1. The number of ether oxygens (including phenoxy) is 1. The van der Waals surface area contributed by atoms with Crippen LogP contribution in [0.15, 0.2) is 51.7 Å². The van der Waals surface area contributed by atoms with E-state index in [2.05, 4.69) is 9.98 Å². The Morgan fingerprint density at radius 2 is 2.17 bits per heavy atom. The molecule has 0 radical (unpaired) electrons. The fraction of sp³-hybridized carbons (Fsp3) is 0.250. The highest BCUT2D eigenvalue weighted by Crippen LogP contribution is 2.06. The lowest BCUT2D eigenvalue weighted by atomic mass is 10.2. The fourth-order valence-corrected chi connectivity index (χ4v) is 1.65. The number of aliphatic imine (C=N–C) groups is 2. The van der Waals surface area contributed by atoms with E-state index in [1.807, 2.05) is 5.48 Å². The van der Waals surface area contributed by atoms with E-state index in [1.165, 1.54) is 24.7 Å². The summed E-state index contributed by atoms with van der Waals surface area (Å²) in [6.45, 7) is 2.51. The Bertz CT molecular complexity index is 666. The van der Waals surface area contributed by atoms with Crippen molar-refractivity contribution in [3.8, 4) is 5.75 Å². The first-order valence-electron chi connectivity index (χ1n) is 7.13. The van der Waals surface area contributed by atoms with Crippen molar-refractivity contribution in [2.45, 2.75) is 6.92 Å². The maximum Gasteiger partial charge on any atom is 0.278 e. The molecule has 24 heavy (non-hydrogen) atoms. The molecule has 128 valence electrons. The SMILES string of the molecule is COc1cc[n+](O)c(C=NCCN=CC(=CC(C)=CC=O)NO)c1. The van der Waals surface area contributed by atoms with Gasteiger partial charge in [0.05, 0.1) is 38.2 Å². The molecule has 0 atom stereocenters. The Labute approximate surface area is 140 Å². The highest BCUT2D eigenvalue weighted by Gasteiger charge is 2.08. The average Bonchev–Trinajstić information content (AvgIpc) is 2.58. The number of aldehydes is 1. The number of hydroxylamine groups is 1. The van der Waals surface area contributed by atoms with Crippen LogP contribution in [0.1, 0.15) is 12.6 Å². The molecule has 0 amide bonds. The van der Waals surface area contributed by atoms with Gasteiger partial charge in [0, 0.05) is 17.0 Å². The highest BCUT2D eigenvalue weighted by molar-refractivity contribution is 5.79. The number of nitrogens with zero attached hydrogens (tertiary/aromatic N) is 3. The second-order valence-corrected chi connectivity index (χ2v) is 4.66. The minimum Gasteiger partial charge on any atom is -0.496 e. The zero-order chi connectivity index (χ0) is 17.8. The van der Waals surface area contributed by atoms with Crippen molar-refractivity contribution >= 4 is 18.7 Å². The maximum atomic E-state index is 10.3. The Morgan fingerprint density at radius 1 is 1.42 bits per heavy atom.